The van der Waals surface area contributed by atoms with E-state index in [2.05, 4.69) is 34.5 Å². The minimum Gasteiger partial charge on any atom is -0.469 e. The van der Waals surface area contributed by atoms with Crippen molar-refractivity contribution in [1.82, 2.24) is 4.90 Å². The fourth-order valence-corrected chi connectivity index (χ4v) is 5.94. The summed E-state index contributed by atoms with van der Waals surface area (Å²) in [6.45, 7) is 2.14. The van der Waals surface area contributed by atoms with Crippen LogP contribution in [0.5, 0.6) is 0 Å². The molecule has 5 rings (SSSR count). The van der Waals surface area contributed by atoms with Crippen molar-refractivity contribution in [2.75, 3.05) is 20.2 Å². The number of carbonyl (C=O) groups is 1. The summed E-state index contributed by atoms with van der Waals surface area (Å²) in [5.74, 6) is 0.112. The number of carbonyl (C=O) groups excluding carboxylic acids is 1. The molecule has 3 N–H and O–H groups in total. The molecule has 5 heteroatoms. The van der Waals surface area contributed by atoms with Crippen molar-refractivity contribution in [3.05, 3.63) is 35.5 Å². The number of aliphatic hydroxyl groups is 1. The highest BCUT2D eigenvalue weighted by Crippen LogP contribution is 2.47. The lowest BCUT2D eigenvalue weighted by molar-refractivity contribution is -0.521. The van der Waals surface area contributed by atoms with Gasteiger partial charge in [-0.3, -0.25) is 15.0 Å². The number of benzene rings is 1. The summed E-state index contributed by atoms with van der Waals surface area (Å²) in [4.78, 5) is 15.0. The molecule has 0 aromatic heterocycles. The smallest absolute Gasteiger partial charge is 0.311 e. The summed E-state index contributed by atoms with van der Waals surface area (Å²) in [6, 6.07) is 9.02. The second-order valence-corrected chi connectivity index (χ2v) is 8.28. The van der Waals surface area contributed by atoms with Crippen molar-refractivity contribution >= 4 is 17.2 Å². The Hall–Kier alpha value is -1.69. The summed E-state index contributed by atoms with van der Waals surface area (Å²) in [5, 5.41) is 12.9. The van der Waals surface area contributed by atoms with E-state index in [0.29, 0.717) is 18.4 Å². The van der Waals surface area contributed by atoms with Crippen molar-refractivity contribution in [2.24, 2.45) is 17.8 Å². The number of quaternary nitrogens is 1. The van der Waals surface area contributed by atoms with E-state index in [0.717, 1.165) is 32.4 Å². The Morgan fingerprint density at radius 2 is 2.15 bits per heavy atom. The average Bonchev–Trinajstić information content (AvgIpc) is 3.05. The first kappa shape index (κ1) is 16.5. The zero-order chi connectivity index (χ0) is 17.8. The molecule has 5 atom stereocenters. The molecule has 0 radical (unpaired) electrons. The monoisotopic (exact) mass is 355 g/mol. The average molecular weight is 355 g/mol. The van der Waals surface area contributed by atoms with Gasteiger partial charge >= 0.3 is 5.97 Å². The van der Waals surface area contributed by atoms with Gasteiger partial charge in [0, 0.05) is 30.3 Å². The largest absolute Gasteiger partial charge is 0.469 e. The maximum Gasteiger partial charge on any atom is 0.311 e. The van der Waals surface area contributed by atoms with Crippen molar-refractivity contribution in [3.63, 3.8) is 0 Å². The molecular weight excluding hydrogens is 328 g/mol. The lowest BCUT2D eigenvalue weighted by Crippen LogP contribution is -2.79. The Labute approximate surface area is 154 Å². The number of aliphatic hydroxyl groups excluding tert-OH is 1. The van der Waals surface area contributed by atoms with Gasteiger partial charge < -0.3 is 9.84 Å². The first-order valence-electron chi connectivity index (χ1n) is 9.84. The zero-order valence-electron chi connectivity index (χ0n) is 15.2. The summed E-state index contributed by atoms with van der Waals surface area (Å²) in [7, 11) is 1.44. The van der Waals surface area contributed by atoms with Crippen molar-refractivity contribution < 1.29 is 20.0 Å². The fraction of sp³-hybridized carbons (Fsp3) is 0.571. The molecule has 2 fully saturated rings. The molecule has 1 aromatic carbocycles. The number of para-hydroxylation sites is 1. The Balaban J connectivity index is 1.47. The Bertz CT molecular complexity index is 774. The van der Waals surface area contributed by atoms with Crippen LogP contribution in [-0.2, 0) is 9.53 Å². The molecule has 3 aliphatic heterocycles. The second-order valence-electron chi connectivity index (χ2n) is 8.28. The van der Waals surface area contributed by atoms with E-state index in [-0.39, 0.29) is 17.8 Å². The fourth-order valence-electron chi connectivity index (χ4n) is 5.94. The highest BCUT2D eigenvalue weighted by Gasteiger charge is 2.51. The highest BCUT2D eigenvalue weighted by molar-refractivity contribution is 5.78. The van der Waals surface area contributed by atoms with Crippen molar-refractivity contribution in [3.8, 4) is 0 Å². The molecule has 1 saturated heterocycles. The summed E-state index contributed by atoms with van der Waals surface area (Å²) < 4.78 is 5.05. The van der Waals surface area contributed by atoms with Crippen LogP contribution in [0.3, 0.4) is 0 Å². The Morgan fingerprint density at radius 1 is 1.31 bits per heavy atom. The minimum atomic E-state index is -0.558. The van der Waals surface area contributed by atoms with Crippen LogP contribution in [0.1, 0.15) is 31.2 Å². The molecule has 3 heterocycles. The molecule has 0 unspecified atom stereocenters. The molecule has 1 saturated carbocycles. The van der Waals surface area contributed by atoms with Crippen LogP contribution in [0.4, 0.5) is 5.69 Å². The van der Waals surface area contributed by atoms with E-state index >= 15 is 0 Å². The van der Waals surface area contributed by atoms with Gasteiger partial charge in [-0.25, -0.2) is 0 Å². The van der Waals surface area contributed by atoms with Gasteiger partial charge in [0.05, 0.1) is 25.2 Å². The van der Waals surface area contributed by atoms with E-state index < -0.39 is 6.10 Å². The number of esters is 1. The van der Waals surface area contributed by atoms with Gasteiger partial charge in [0.1, 0.15) is 11.4 Å². The first-order valence-corrected chi connectivity index (χ1v) is 9.84. The van der Waals surface area contributed by atoms with Crippen molar-refractivity contribution in [1.29, 1.82) is 0 Å². The molecule has 5 nitrogen and oxygen atoms in total. The molecule has 0 spiro atoms. The van der Waals surface area contributed by atoms with E-state index in [1.807, 2.05) is 0 Å². The van der Waals surface area contributed by atoms with Crippen LogP contribution in [-0.4, -0.2) is 48.3 Å². The van der Waals surface area contributed by atoms with E-state index in [9.17, 15) is 9.90 Å². The standard InChI is InChI=1S/C21H26N2O3/c1-26-21(25)19-15-10-17-20-14(13-4-2-3-5-16(13)22-20)8-9-23(17)11-12(15)6-7-18(19)24/h2-5,12,15,17-19,22,24H,6-11H2,1H3/p+1/t12-,15+,17-,18-,19-/m0/s1. The van der Waals surface area contributed by atoms with Gasteiger partial charge in [-0.2, -0.15) is 0 Å². The van der Waals surface area contributed by atoms with Crippen LogP contribution in [0, 0.1) is 17.8 Å². The molecule has 1 aromatic rings. The summed E-state index contributed by atoms with van der Waals surface area (Å²) >= 11 is 0. The summed E-state index contributed by atoms with van der Waals surface area (Å²) in [6.07, 6.45) is 3.23. The number of piperidine rings is 1. The van der Waals surface area contributed by atoms with Crippen LogP contribution >= 0.6 is 0 Å². The van der Waals surface area contributed by atoms with Crippen LogP contribution < -0.4 is 5.32 Å². The number of rotatable bonds is 1. The predicted octanol–water partition coefficient (Wildman–Crippen LogP) is 1.26. The van der Waals surface area contributed by atoms with Gasteiger partial charge in [0.25, 0.3) is 0 Å². The molecule has 0 amide bonds. The Kier molecular flexibility index (Phi) is 3.92. The van der Waals surface area contributed by atoms with Gasteiger partial charge in [-0.1, -0.05) is 12.1 Å². The summed E-state index contributed by atoms with van der Waals surface area (Å²) in [5.41, 5.74) is 5.65. The van der Waals surface area contributed by atoms with Crippen molar-refractivity contribution in [2.45, 2.75) is 37.8 Å². The topological polar surface area (TPSA) is 66.4 Å². The van der Waals surface area contributed by atoms with Gasteiger partial charge in [0.15, 0.2) is 0 Å². The molecule has 26 heavy (non-hydrogen) atoms. The third-order valence-electron chi connectivity index (χ3n) is 7.15. The molecular formula is C21H27N2O3+. The maximum absolute atomic E-state index is 12.4. The predicted molar refractivity (Wildman–Crippen MR) is 97.3 cm³/mol. The second kappa shape index (κ2) is 6.19. The number of hydrogen-bond acceptors (Lipinski definition) is 4. The maximum atomic E-state index is 12.4. The number of ether oxygens (including phenoxy) is 1. The van der Waals surface area contributed by atoms with Crippen LogP contribution in [0.2, 0.25) is 0 Å². The van der Waals surface area contributed by atoms with Crippen LogP contribution in [0.15, 0.2) is 30.0 Å². The molecule has 0 bridgehead atoms. The zero-order valence-corrected chi connectivity index (χ0v) is 15.2. The van der Waals surface area contributed by atoms with Gasteiger partial charge in [-0.15, -0.1) is 0 Å². The van der Waals surface area contributed by atoms with Crippen LogP contribution in [0.25, 0.3) is 5.57 Å². The molecule has 4 aliphatic rings. The number of nitrogens with two attached hydrogens (primary N) is 1. The van der Waals surface area contributed by atoms with E-state index in [1.54, 1.807) is 0 Å². The first-order chi connectivity index (χ1) is 12.7. The van der Waals surface area contributed by atoms with E-state index in [1.165, 1.54) is 29.6 Å². The SMILES string of the molecule is COC(=O)[C@H]1[C@@H]2C[C@H]3C4=C(CCN3C[C@@H]2CC[C@@H]1O)c1ccccc1[NH2+]4. The van der Waals surface area contributed by atoms with Gasteiger partial charge in [-0.05, 0) is 43.6 Å². The molecule has 1 aliphatic carbocycles. The Morgan fingerprint density at radius 3 is 3.00 bits per heavy atom. The normalized spacial score (nSPS) is 36.0. The number of methoxy groups -OCH3 is 1. The quantitative estimate of drug-likeness (QED) is 0.588. The van der Waals surface area contributed by atoms with E-state index in [4.69, 9.17) is 4.74 Å². The molecule has 138 valence electrons. The minimum absolute atomic E-state index is 0.219. The third kappa shape index (κ3) is 2.38. The van der Waals surface area contributed by atoms with Gasteiger partial charge in [0.2, 0.25) is 0 Å². The highest BCUT2D eigenvalue weighted by atomic mass is 16.5. The number of hydrogen-bond donors (Lipinski definition) is 2. The number of fused-ring (bicyclic) bond motifs is 5. The third-order valence-corrected chi connectivity index (χ3v) is 7.15. The number of nitrogens with zero attached hydrogens (tertiary/aromatic N) is 1. The lowest BCUT2D eigenvalue weighted by atomic mass is 9.65. The lowest BCUT2D eigenvalue weighted by Gasteiger charge is -2.50.